The van der Waals surface area contributed by atoms with E-state index in [0.29, 0.717) is 5.88 Å². The topological polar surface area (TPSA) is 12.0 Å². The van der Waals surface area contributed by atoms with Gasteiger partial charge >= 0.3 is 0 Å². The minimum Gasteiger partial charge on any atom is -0.385 e. The standard InChI is InChI=1S/C15H24ClN/c1-3-5-8-13(4-2)12-17-15-10-7-6-9-14(15)11-16/h6-7,9-10,13,17H,3-5,8,11-12H2,1-2H3. The SMILES string of the molecule is CCCCC(CC)CNc1ccccc1CCl. The van der Waals surface area contributed by atoms with Gasteiger partial charge in [0.1, 0.15) is 0 Å². The summed E-state index contributed by atoms with van der Waals surface area (Å²) in [5.41, 5.74) is 2.39. The molecular weight excluding hydrogens is 230 g/mol. The molecule has 1 unspecified atom stereocenters. The summed E-state index contributed by atoms with van der Waals surface area (Å²) in [5, 5.41) is 3.54. The van der Waals surface area contributed by atoms with Crippen molar-refractivity contribution < 1.29 is 0 Å². The fraction of sp³-hybridized carbons (Fsp3) is 0.600. The van der Waals surface area contributed by atoms with E-state index in [2.05, 4.69) is 37.4 Å². The summed E-state index contributed by atoms with van der Waals surface area (Å²) < 4.78 is 0. The average Bonchev–Trinajstić information content (AvgIpc) is 2.39. The average molecular weight is 254 g/mol. The maximum atomic E-state index is 5.92. The number of hydrogen-bond donors (Lipinski definition) is 1. The lowest BCUT2D eigenvalue weighted by Gasteiger charge is -2.17. The maximum Gasteiger partial charge on any atom is 0.0494 e. The molecule has 1 N–H and O–H groups in total. The van der Waals surface area contributed by atoms with Crippen LogP contribution in [0.3, 0.4) is 0 Å². The van der Waals surface area contributed by atoms with Crippen molar-refractivity contribution in [1.29, 1.82) is 0 Å². The Hall–Kier alpha value is -0.690. The summed E-state index contributed by atoms with van der Waals surface area (Å²) in [6, 6.07) is 8.30. The molecule has 0 aliphatic carbocycles. The van der Waals surface area contributed by atoms with Crippen molar-refractivity contribution in [2.45, 2.75) is 45.4 Å². The highest BCUT2D eigenvalue weighted by Crippen LogP contribution is 2.19. The van der Waals surface area contributed by atoms with E-state index in [9.17, 15) is 0 Å². The van der Waals surface area contributed by atoms with Gasteiger partial charge in [-0.2, -0.15) is 0 Å². The van der Waals surface area contributed by atoms with Gasteiger partial charge in [-0.05, 0) is 24.0 Å². The maximum absolute atomic E-state index is 5.92. The van der Waals surface area contributed by atoms with Crippen molar-refractivity contribution in [3.8, 4) is 0 Å². The Morgan fingerprint density at radius 2 is 2.00 bits per heavy atom. The van der Waals surface area contributed by atoms with E-state index in [0.717, 1.165) is 12.5 Å². The molecule has 0 aliphatic rings. The third kappa shape index (κ3) is 4.99. The number of nitrogens with one attached hydrogen (secondary N) is 1. The van der Waals surface area contributed by atoms with Crippen molar-refractivity contribution in [3.05, 3.63) is 29.8 Å². The van der Waals surface area contributed by atoms with Gasteiger partial charge in [0.15, 0.2) is 0 Å². The van der Waals surface area contributed by atoms with Gasteiger partial charge in [-0.1, -0.05) is 51.3 Å². The van der Waals surface area contributed by atoms with Gasteiger partial charge in [-0.3, -0.25) is 0 Å². The van der Waals surface area contributed by atoms with Crippen molar-refractivity contribution in [2.75, 3.05) is 11.9 Å². The van der Waals surface area contributed by atoms with Gasteiger partial charge < -0.3 is 5.32 Å². The molecule has 0 bridgehead atoms. The number of alkyl halides is 1. The van der Waals surface area contributed by atoms with Crippen LogP contribution in [0.2, 0.25) is 0 Å². The van der Waals surface area contributed by atoms with Crippen molar-refractivity contribution in [1.82, 2.24) is 0 Å². The van der Waals surface area contributed by atoms with Gasteiger partial charge in [0.05, 0.1) is 0 Å². The molecule has 1 atom stereocenters. The Balaban J connectivity index is 2.47. The molecule has 0 radical (unpaired) electrons. The number of halogens is 1. The molecule has 0 spiro atoms. The first-order chi connectivity index (χ1) is 8.31. The molecule has 2 heteroatoms. The number of hydrogen-bond acceptors (Lipinski definition) is 1. The minimum atomic E-state index is 0.578. The Morgan fingerprint density at radius 1 is 1.24 bits per heavy atom. The Labute approximate surface area is 111 Å². The molecule has 0 heterocycles. The molecule has 0 aromatic heterocycles. The molecule has 1 aromatic rings. The fourth-order valence-electron chi connectivity index (χ4n) is 2.01. The second kappa shape index (κ2) is 8.41. The van der Waals surface area contributed by atoms with Crippen LogP contribution < -0.4 is 5.32 Å². The molecule has 0 aliphatic heterocycles. The first-order valence-electron chi connectivity index (χ1n) is 6.69. The van der Waals surface area contributed by atoms with E-state index in [4.69, 9.17) is 11.6 Å². The number of unbranched alkanes of at least 4 members (excludes halogenated alkanes) is 1. The number of rotatable bonds is 8. The second-order valence-corrected chi connectivity index (χ2v) is 4.86. The van der Waals surface area contributed by atoms with E-state index >= 15 is 0 Å². The normalized spacial score (nSPS) is 12.4. The molecule has 0 saturated heterocycles. The van der Waals surface area contributed by atoms with Crippen LogP contribution in [0.15, 0.2) is 24.3 Å². The van der Waals surface area contributed by atoms with Crippen LogP contribution in [0.5, 0.6) is 0 Å². The molecule has 0 amide bonds. The van der Waals surface area contributed by atoms with Gasteiger partial charge in [-0.25, -0.2) is 0 Å². The molecule has 1 nitrogen and oxygen atoms in total. The van der Waals surface area contributed by atoms with E-state index < -0.39 is 0 Å². The smallest absolute Gasteiger partial charge is 0.0494 e. The lowest BCUT2D eigenvalue weighted by molar-refractivity contribution is 0.472. The molecule has 1 aromatic carbocycles. The molecule has 0 fully saturated rings. The van der Waals surface area contributed by atoms with Crippen molar-refractivity contribution in [3.63, 3.8) is 0 Å². The zero-order valence-corrected chi connectivity index (χ0v) is 11.8. The lowest BCUT2D eigenvalue weighted by atomic mass is 9.99. The van der Waals surface area contributed by atoms with Crippen LogP contribution in [0, 0.1) is 5.92 Å². The van der Waals surface area contributed by atoms with Crippen LogP contribution in [-0.4, -0.2) is 6.54 Å². The molecular formula is C15H24ClN. The fourth-order valence-corrected chi connectivity index (χ4v) is 2.24. The number of benzene rings is 1. The van der Waals surface area contributed by atoms with Crippen molar-refractivity contribution >= 4 is 17.3 Å². The molecule has 1 rings (SSSR count). The second-order valence-electron chi connectivity index (χ2n) is 4.59. The molecule has 0 saturated carbocycles. The zero-order valence-electron chi connectivity index (χ0n) is 11.0. The summed E-state index contributed by atoms with van der Waals surface area (Å²) in [6.07, 6.45) is 5.19. The summed E-state index contributed by atoms with van der Waals surface area (Å²) in [5.74, 6) is 1.35. The van der Waals surface area contributed by atoms with E-state index in [1.165, 1.54) is 36.9 Å². The minimum absolute atomic E-state index is 0.578. The van der Waals surface area contributed by atoms with Gasteiger partial charge in [-0.15, -0.1) is 11.6 Å². The highest BCUT2D eigenvalue weighted by molar-refractivity contribution is 6.17. The summed E-state index contributed by atoms with van der Waals surface area (Å²) in [6.45, 7) is 5.59. The van der Waals surface area contributed by atoms with Gasteiger partial charge in [0.2, 0.25) is 0 Å². The monoisotopic (exact) mass is 253 g/mol. The predicted octanol–water partition coefficient (Wildman–Crippen LogP) is 5.05. The third-order valence-electron chi connectivity index (χ3n) is 3.29. The lowest BCUT2D eigenvalue weighted by Crippen LogP contribution is -2.14. The Morgan fingerprint density at radius 3 is 2.65 bits per heavy atom. The van der Waals surface area contributed by atoms with Crippen LogP contribution in [0.4, 0.5) is 5.69 Å². The predicted molar refractivity (Wildman–Crippen MR) is 77.8 cm³/mol. The molecule has 96 valence electrons. The van der Waals surface area contributed by atoms with Crippen molar-refractivity contribution in [2.24, 2.45) is 5.92 Å². The van der Waals surface area contributed by atoms with E-state index in [-0.39, 0.29) is 0 Å². The van der Waals surface area contributed by atoms with Crippen LogP contribution >= 0.6 is 11.6 Å². The largest absolute Gasteiger partial charge is 0.385 e. The summed E-state index contributed by atoms with van der Waals surface area (Å²) >= 11 is 5.92. The highest BCUT2D eigenvalue weighted by atomic mass is 35.5. The van der Waals surface area contributed by atoms with Crippen LogP contribution in [0.25, 0.3) is 0 Å². The first-order valence-corrected chi connectivity index (χ1v) is 7.23. The van der Waals surface area contributed by atoms with Crippen LogP contribution in [-0.2, 0) is 5.88 Å². The zero-order chi connectivity index (χ0) is 12.5. The van der Waals surface area contributed by atoms with E-state index in [1.54, 1.807) is 0 Å². The van der Waals surface area contributed by atoms with Gasteiger partial charge in [0.25, 0.3) is 0 Å². The first kappa shape index (κ1) is 14.4. The summed E-state index contributed by atoms with van der Waals surface area (Å²) in [4.78, 5) is 0. The number of anilines is 1. The van der Waals surface area contributed by atoms with Gasteiger partial charge in [0, 0.05) is 18.1 Å². The Bertz CT molecular complexity index is 312. The number of para-hydroxylation sites is 1. The molecule has 17 heavy (non-hydrogen) atoms. The highest BCUT2D eigenvalue weighted by Gasteiger charge is 2.06. The Kier molecular flexibility index (Phi) is 7.11. The third-order valence-corrected chi connectivity index (χ3v) is 3.57. The van der Waals surface area contributed by atoms with E-state index in [1.807, 2.05) is 6.07 Å². The summed E-state index contributed by atoms with van der Waals surface area (Å²) in [7, 11) is 0. The quantitative estimate of drug-likeness (QED) is 0.639. The van der Waals surface area contributed by atoms with Crippen LogP contribution in [0.1, 0.15) is 45.1 Å².